The largest absolute Gasteiger partial charge is 0.362 e. The highest BCUT2D eigenvalue weighted by molar-refractivity contribution is 8.13. The first-order valence-electron chi connectivity index (χ1n) is 6.44. The minimum Gasteiger partial charge on any atom is -0.362 e. The molecule has 1 heterocycles. The minimum atomic E-state index is 0.0156. The van der Waals surface area contributed by atoms with E-state index in [1.54, 1.807) is 0 Å². The molecule has 1 aliphatic carbocycles. The van der Waals surface area contributed by atoms with Gasteiger partial charge in [-0.2, -0.15) is 0 Å². The maximum atomic E-state index is 10.7. The zero-order chi connectivity index (χ0) is 12.1. The molecular formula is C12H21N3OS. The number of hydrogen-bond acceptors (Lipinski definition) is 3. The molecule has 2 rings (SSSR count). The predicted octanol–water partition coefficient (Wildman–Crippen LogP) is 1.37. The van der Waals surface area contributed by atoms with Gasteiger partial charge in [-0.15, -0.1) is 0 Å². The zero-order valence-corrected chi connectivity index (χ0v) is 11.2. The lowest BCUT2D eigenvalue weighted by Crippen LogP contribution is -2.46. The first-order chi connectivity index (χ1) is 8.25. The molecule has 96 valence electrons. The van der Waals surface area contributed by atoms with Crippen LogP contribution in [0.2, 0.25) is 0 Å². The third-order valence-corrected chi connectivity index (χ3v) is 4.51. The van der Waals surface area contributed by atoms with E-state index in [9.17, 15) is 4.79 Å². The number of nitrogens with one attached hydrogen (secondary N) is 2. The van der Waals surface area contributed by atoms with E-state index in [-0.39, 0.29) is 5.91 Å². The van der Waals surface area contributed by atoms with Crippen molar-refractivity contribution < 1.29 is 4.79 Å². The SMILES string of the molecule is CC(=O)NCCN=C1NC2CCCCC2CS1. The van der Waals surface area contributed by atoms with Crippen molar-refractivity contribution in [3.63, 3.8) is 0 Å². The summed E-state index contributed by atoms with van der Waals surface area (Å²) in [5, 5.41) is 7.37. The van der Waals surface area contributed by atoms with Crippen molar-refractivity contribution in [1.82, 2.24) is 10.6 Å². The van der Waals surface area contributed by atoms with Crippen molar-refractivity contribution in [3.8, 4) is 0 Å². The number of carbonyl (C=O) groups excluding carboxylic acids is 1. The summed E-state index contributed by atoms with van der Waals surface area (Å²) in [5.74, 6) is 2.06. The van der Waals surface area contributed by atoms with Gasteiger partial charge in [-0.05, 0) is 18.8 Å². The molecule has 1 aliphatic heterocycles. The highest BCUT2D eigenvalue weighted by Crippen LogP contribution is 2.31. The lowest BCUT2D eigenvalue weighted by molar-refractivity contribution is -0.118. The molecule has 1 saturated carbocycles. The molecule has 0 bridgehead atoms. The maximum absolute atomic E-state index is 10.7. The number of rotatable bonds is 3. The number of fused-ring (bicyclic) bond motifs is 1. The van der Waals surface area contributed by atoms with E-state index >= 15 is 0 Å². The van der Waals surface area contributed by atoms with Crippen molar-refractivity contribution in [3.05, 3.63) is 0 Å². The van der Waals surface area contributed by atoms with E-state index in [2.05, 4.69) is 15.6 Å². The van der Waals surface area contributed by atoms with Crippen LogP contribution >= 0.6 is 11.8 Å². The Morgan fingerprint density at radius 1 is 1.53 bits per heavy atom. The molecule has 0 spiro atoms. The Labute approximate surface area is 107 Å². The smallest absolute Gasteiger partial charge is 0.216 e. The normalized spacial score (nSPS) is 30.5. The van der Waals surface area contributed by atoms with Gasteiger partial charge in [-0.1, -0.05) is 24.6 Å². The fraction of sp³-hybridized carbons (Fsp3) is 0.833. The highest BCUT2D eigenvalue weighted by atomic mass is 32.2. The lowest BCUT2D eigenvalue weighted by atomic mass is 9.86. The van der Waals surface area contributed by atoms with Crippen LogP contribution in [0.1, 0.15) is 32.6 Å². The van der Waals surface area contributed by atoms with Crippen LogP contribution in [-0.2, 0) is 4.79 Å². The van der Waals surface area contributed by atoms with Crippen LogP contribution in [0.4, 0.5) is 0 Å². The van der Waals surface area contributed by atoms with Crippen LogP contribution in [0.15, 0.2) is 4.99 Å². The number of thioether (sulfide) groups is 1. The molecule has 2 unspecified atom stereocenters. The standard InChI is InChI=1S/C12H21N3OS/c1-9(16)13-6-7-14-12-15-11-5-3-2-4-10(11)8-17-12/h10-11H,2-8H2,1H3,(H,13,16)(H,14,15). The van der Waals surface area contributed by atoms with Crippen LogP contribution in [-0.4, -0.2) is 36.0 Å². The Kier molecular flexibility index (Phi) is 4.71. The van der Waals surface area contributed by atoms with Gasteiger partial charge in [-0.3, -0.25) is 9.79 Å². The van der Waals surface area contributed by atoms with E-state index in [1.807, 2.05) is 11.8 Å². The van der Waals surface area contributed by atoms with Gasteiger partial charge in [0.15, 0.2) is 5.17 Å². The number of carbonyl (C=O) groups is 1. The summed E-state index contributed by atoms with van der Waals surface area (Å²) in [6.07, 6.45) is 5.39. The summed E-state index contributed by atoms with van der Waals surface area (Å²) in [5.41, 5.74) is 0. The third kappa shape index (κ3) is 3.91. The molecule has 0 aromatic heterocycles. The summed E-state index contributed by atoms with van der Waals surface area (Å²) >= 11 is 1.83. The molecule has 2 fully saturated rings. The number of aliphatic imine (C=N–C) groups is 1. The van der Waals surface area contributed by atoms with Crippen LogP contribution in [0.25, 0.3) is 0 Å². The van der Waals surface area contributed by atoms with Gasteiger partial charge in [0.25, 0.3) is 0 Å². The second-order valence-electron chi connectivity index (χ2n) is 4.78. The average Bonchev–Trinajstić information content (AvgIpc) is 2.34. The quantitative estimate of drug-likeness (QED) is 0.749. The van der Waals surface area contributed by atoms with Gasteiger partial charge >= 0.3 is 0 Å². The third-order valence-electron chi connectivity index (χ3n) is 3.39. The highest BCUT2D eigenvalue weighted by Gasteiger charge is 2.29. The number of hydrogen-bond donors (Lipinski definition) is 2. The van der Waals surface area contributed by atoms with Gasteiger partial charge in [0, 0.05) is 25.3 Å². The Hall–Kier alpha value is -0.710. The van der Waals surface area contributed by atoms with Crippen molar-refractivity contribution in [2.24, 2.45) is 10.9 Å². The molecule has 2 aliphatic rings. The maximum Gasteiger partial charge on any atom is 0.216 e. The van der Waals surface area contributed by atoms with Crippen LogP contribution in [0, 0.1) is 5.92 Å². The molecule has 4 nitrogen and oxygen atoms in total. The first kappa shape index (κ1) is 12.7. The van der Waals surface area contributed by atoms with Gasteiger partial charge in [0.05, 0.1) is 6.54 Å². The topological polar surface area (TPSA) is 53.5 Å². The summed E-state index contributed by atoms with van der Waals surface area (Å²) in [6.45, 7) is 2.84. The Bertz CT molecular complexity index is 306. The van der Waals surface area contributed by atoms with Crippen molar-refractivity contribution in [1.29, 1.82) is 0 Å². The van der Waals surface area contributed by atoms with Crippen molar-refractivity contribution in [2.75, 3.05) is 18.8 Å². The van der Waals surface area contributed by atoms with Crippen molar-refractivity contribution >= 4 is 22.8 Å². The molecule has 0 radical (unpaired) electrons. The van der Waals surface area contributed by atoms with Crippen molar-refractivity contribution in [2.45, 2.75) is 38.6 Å². The minimum absolute atomic E-state index is 0.0156. The fourth-order valence-corrected chi connectivity index (χ4v) is 3.65. The lowest BCUT2D eigenvalue weighted by Gasteiger charge is -2.36. The summed E-state index contributed by atoms with van der Waals surface area (Å²) in [7, 11) is 0. The summed E-state index contributed by atoms with van der Waals surface area (Å²) in [4.78, 5) is 15.2. The van der Waals surface area contributed by atoms with Gasteiger partial charge in [0.2, 0.25) is 5.91 Å². The second-order valence-corrected chi connectivity index (χ2v) is 5.78. The van der Waals surface area contributed by atoms with Gasteiger partial charge in [-0.25, -0.2) is 0 Å². The molecule has 5 heteroatoms. The molecule has 1 saturated heterocycles. The molecular weight excluding hydrogens is 234 g/mol. The zero-order valence-electron chi connectivity index (χ0n) is 10.4. The predicted molar refractivity (Wildman–Crippen MR) is 72.3 cm³/mol. The van der Waals surface area contributed by atoms with E-state index in [0.29, 0.717) is 19.1 Å². The van der Waals surface area contributed by atoms with E-state index in [0.717, 1.165) is 11.1 Å². The molecule has 1 amide bonds. The van der Waals surface area contributed by atoms with Crippen LogP contribution in [0.3, 0.4) is 0 Å². The average molecular weight is 255 g/mol. The van der Waals surface area contributed by atoms with E-state index < -0.39 is 0 Å². The van der Waals surface area contributed by atoms with Crippen LogP contribution < -0.4 is 10.6 Å². The number of amides is 1. The molecule has 2 N–H and O–H groups in total. The molecule has 0 aromatic carbocycles. The Balaban J connectivity index is 1.74. The molecule has 0 aromatic rings. The van der Waals surface area contributed by atoms with E-state index in [1.165, 1.54) is 38.4 Å². The van der Waals surface area contributed by atoms with E-state index in [4.69, 9.17) is 0 Å². The first-order valence-corrected chi connectivity index (χ1v) is 7.42. The number of amidine groups is 1. The number of nitrogens with zero attached hydrogens (tertiary/aromatic N) is 1. The Morgan fingerprint density at radius 3 is 3.18 bits per heavy atom. The van der Waals surface area contributed by atoms with Gasteiger partial charge < -0.3 is 10.6 Å². The monoisotopic (exact) mass is 255 g/mol. The van der Waals surface area contributed by atoms with Crippen LogP contribution in [0.5, 0.6) is 0 Å². The summed E-state index contributed by atoms with van der Waals surface area (Å²) in [6, 6.07) is 0.643. The molecule has 2 atom stereocenters. The Morgan fingerprint density at radius 2 is 2.35 bits per heavy atom. The van der Waals surface area contributed by atoms with Gasteiger partial charge in [0.1, 0.15) is 0 Å². The molecule has 17 heavy (non-hydrogen) atoms. The second kappa shape index (κ2) is 6.28. The fourth-order valence-electron chi connectivity index (χ4n) is 2.46. The summed E-state index contributed by atoms with van der Waals surface area (Å²) < 4.78 is 0.